The van der Waals surface area contributed by atoms with Crippen LogP contribution in [0.25, 0.3) is 0 Å². The first kappa shape index (κ1) is 15.3. The number of sulfonamides is 1. The van der Waals surface area contributed by atoms with Crippen LogP contribution in [0.1, 0.15) is 12.5 Å². The van der Waals surface area contributed by atoms with Gasteiger partial charge in [0, 0.05) is 0 Å². The number of amides is 1. The maximum Gasteiger partial charge on any atom is 0.263 e. The van der Waals surface area contributed by atoms with E-state index in [-0.39, 0.29) is 29.0 Å². The lowest BCUT2D eigenvalue weighted by atomic mass is 10.2. The van der Waals surface area contributed by atoms with Gasteiger partial charge in [-0.2, -0.15) is 0 Å². The molecule has 23 heavy (non-hydrogen) atoms. The SMILES string of the molecule is CCc1ccc(S(=O)(=O)Nc2ccc3c(n2)NC(=O)CO3)cc1. The molecule has 0 aliphatic carbocycles. The number of aryl methyl sites for hydroxylation is 1. The molecule has 1 aliphatic rings. The highest BCUT2D eigenvalue weighted by Crippen LogP contribution is 2.27. The van der Waals surface area contributed by atoms with Crippen LogP contribution in [0.2, 0.25) is 0 Å². The summed E-state index contributed by atoms with van der Waals surface area (Å²) in [7, 11) is -3.74. The van der Waals surface area contributed by atoms with E-state index in [4.69, 9.17) is 4.74 Å². The predicted molar refractivity (Wildman–Crippen MR) is 85.0 cm³/mol. The van der Waals surface area contributed by atoms with E-state index in [1.165, 1.54) is 6.07 Å². The molecule has 2 heterocycles. The van der Waals surface area contributed by atoms with Crippen LogP contribution in [0.15, 0.2) is 41.3 Å². The summed E-state index contributed by atoms with van der Waals surface area (Å²) < 4.78 is 32.3. The number of nitrogens with one attached hydrogen (secondary N) is 2. The lowest BCUT2D eigenvalue weighted by Gasteiger charge is -2.17. The fourth-order valence-electron chi connectivity index (χ4n) is 2.12. The Kier molecular flexibility index (Phi) is 3.91. The van der Waals surface area contributed by atoms with Crippen LogP contribution < -0.4 is 14.8 Å². The number of carbonyl (C=O) groups is 1. The van der Waals surface area contributed by atoms with E-state index < -0.39 is 10.0 Å². The molecule has 0 saturated heterocycles. The number of fused-ring (bicyclic) bond motifs is 1. The largest absolute Gasteiger partial charge is 0.480 e. The Balaban J connectivity index is 1.85. The van der Waals surface area contributed by atoms with Crippen molar-refractivity contribution >= 4 is 27.6 Å². The maximum absolute atomic E-state index is 12.4. The van der Waals surface area contributed by atoms with E-state index in [2.05, 4.69) is 15.0 Å². The molecule has 7 nitrogen and oxygen atoms in total. The number of rotatable bonds is 4. The monoisotopic (exact) mass is 333 g/mol. The van der Waals surface area contributed by atoms with Crippen LogP contribution in [0.4, 0.5) is 11.6 Å². The summed E-state index contributed by atoms with van der Waals surface area (Å²) in [6, 6.07) is 9.66. The molecule has 0 bridgehead atoms. The minimum absolute atomic E-state index is 0.0798. The molecular weight excluding hydrogens is 318 g/mol. The first-order valence-electron chi connectivity index (χ1n) is 7.03. The average molecular weight is 333 g/mol. The Morgan fingerprint density at radius 1 is 1.22 bits per heavy atom. The zero-order valence-electron chi connectivity index (χ0n) is 12.4. The van der Waals surface area contributed by atoms with Gasteiger partial charge < -0.3 is 10.1 Å². The number of hydrogen-bond acceptors (Lipinski definition) is 5. The zero-order chi connectivity index (χ0) is 16.4. The molecule has 0 spiro atoms. The van der Waals surface area contributed by atoms with E-state index in [1.54, 1.807) is 30.3 Å². The number of anilines is 2. The minimum atomic E-state index is -3.74. The van der Waals surface area contributed by atoms with Gasteiger partial charge in [-0.05, 0) is 36.2 Å². The smallest absolute Gasteiger partial charge is 0.263 e. The summed E-state index contributed by atoms with van der Waals surface area (Å²) in [6.07, 6.45) is 0.833. The highest BCUT2D eigenvalue weighted by atomic mass is 32.2. The summed E-state index contributed by atoms with van der Waals surface area (Å²) >= 11 is 0. The topological polar surface area (TPSA) is 97.4 Å². The van der Waals surface area contributed by atoms with Gasteiger partial charge in [0.25, 0.3) is 15.9 Å². The molecular formula is C15H15N3O4S. The third-order valence-corrected chi connectivity index (χ3v) is 4.73. The highest BCUT2D eigenvalue weighted by molar-refractivity contribution is 7.92. The Labute approximate surface area is 133 Å². The van der Waals surface area contributed by atoms with Gasteiger partial charge in [0.1, 0.15) is 5.82 Å². The van der Waals surface area contributed by atoms with Crippen LogP contribution in [0.3, 0.4) is 0 Å². The van der Waals surface area contributed by atoms with Crippen LogP contribution in [-0.2, 0) is 21.2 Å². The van der Waals surface area contributed by atoms with Gasteiger partial charge in [0.05, 0.1) is 4.90 Å². The van der Waals surface area contributed by atoms with Crippen LogP contribution >= 0.6 is 0 Å². The molecule has 0 saturated carbocycles. The number of hydrogen-bond donors (Lipinski definition) is 2. The summed E-state index contributed by atoms with van der Waals surface area (Å²) in [4.78, 5) is 15.5. The Bertz CT molecular complexity index is 848. The van der Waals surface area contributed by atoms with Gasteiger partial charge in [-0.1, -0.05) is 19.1 Å². The molecule has 1 aliphatic heterocycles. The predicted octanol–water partition coefficient (Wildman–Crippen LogP) is 1.78. The van der Waals surface area contributed by atoms with Crippen LogP contribution in [0, 0.1) is 0 Å². The van der Waals surface area contributed by atoms with Crippen molar-refractivity contribution in [3.63, 3.8) is 0 Å². The van der Waals surface area contributed by atoms with Crippen molar-refractivity contribution in [1.82, 2.24) is 4.98 Å². The second kappa shape index (κ2) is 5.88. The fraction of sp³-hybridized carbons (Fsp3) is 0.200. The molecule has 2 aromatic rings. The number of benzene rings is 1. The van der Waals surface area contributed by atoms with E-state index in [0.717, 1.165) is 12.0 Å². The van der Waals surface area contributed by atoms with Crippen molar-refractivity contribution in [1.29, 1.82) is 0 Å². The van der Waals surface area contributed by atoms with Crippen molar-refractivity contribution in [2.24, 2.45) is 0 Å². The quantitative estimate of drug-likeness (QED) is 0.889. The Morgan fingerprint density at radius 2 is 1.96 bits per heavy atom. The lowest BCUT2D eigenvalue weighted by molar-refractivity contribution is -0.118. The number of carbonyl (C=O) groups excluding carboxylic acids is 1. The molecule has 1 amide bonds. The minimum Gasteiger partial charge on any atom is -0.480 e. The van der Waals surface area contributed by atoms with Crippen LogP contribution in [0.5, 0.6) is 5.75 Å². The first-order valence-corrected chi connectivity index (χ1v) is 8.52. The van der Waals surface area contributed by atoms with Gasteiger partial charge in [-0.25, -0.2) is 13.4 Å². The second-order valence-electron chi connectivity index (χ2n) is 4.98. The summed E-state index contributed by atoms with van der Waals surface area (Å²) in [5.74, 6) is 0.372. The van der Waals surface area contributed by atoms with Gasteiger partial charge in [-0.3, -0.25) is 9.52 Å². The standard InChI is InChI=1S/C15H15N3O4S/c1-2-10-3-5-11(6-4-10)23(20,21)18-13-8-7-12-15(16-13)17-14(19)9-22-12/h3-8H,2,9H2,1H3,(H2,16,17,18,19). The molecule has 0 atom stereocenters. The molecule has 2 N–H and O–H groups in total. The fourth-order valence-corrected chi connectivity index (χ4v) is 3.12. The summed E-state index contributed by atoms with van der Waals surface area (Å²) in [6.45, 7) is 1.92. The molecule has 0 unspecified atom stereocenters. The normalized spacial score (nSPS) is 13.7. The summed E-state index contributed by atoms with van der Waals surface area (Å²) in [5, 5.41) is 2.53. The molecule has 1 aromatic heterocycles. The third-order valence-electron chi connectivity index (χ3n) is 3.36. The molecule has 3 rings (SSSR count). The van der Waals surface area contributed by atoms with Gasteiger partial charge in [-0.15, -0.1) is 0 Å². The van der Waals surface area contributed by atoms with Crippen molar-refractivity contribution in [2.75, 3.05) is 16.6 Å². The number of pyridine rings is 1. The highest BCUT2D eigenvalue weighted by Gasteiger charge is 2.20. The van der Waals surface area contributed by atoms with Gasteiger partial charge >= 0.3 is 0 Å². The van der Waals surface area contributed by atoms with Crippen molar-refractivity contribution < 1.29 is 17.9 Å². The number of ether oxygens (including phenoxy) is 1. The van der Waals surface area contributed by atoms with Crippen LogP contribution in [-0.4, -0.2) is 25.9 Å². The lowest BCUT2D eigenvalue weighted by Crippen LogP contribution is -2.26. The van der Waals surface area contributed by atoms with Crippen molar-refractivity contribution in [3.8, 4) is 5.75 Å². The van der Waals surface area contributed by atoms with E-state index in [9.17, 15) is 13.2 Å². The van der Waals surface area contributed by atoms with E-state index in [1.807, 2.05) is 6.92 Å². The summed E-state index contributed by atoms with van der Waals surface area (Å²) in [5.41, 5.74) is 1.05. The Morgan fingerprint density at radius 3 is 2.65 bits per heavy atom. The van der Waals surface area contributed by atoms with E-state index >= 15 is 0 Å². The van der Waals surface area contributed by atoms with Crippen molar-refractivity contribution in [3.05, 3.63) is 42.0 Å². The first-order chi connectivity index (χ1) is 11.0. The number of aromatic nitrogens is 1. The number of nitrogens with zero attached hydrogens (tertiary/aromatic N) is 1. The molecule has 8 heteroatoms. The van der Waals surface area contributed by atoms with E-state index in [0.29, 0.717) is 5.75 Å². The molecule has 0 radical (unpaired) electrons. The molecule has 1 aromatic carbocycles. The molecule has 120 valence electrons. The second-order valence-corrected chi connectivity index (χ2v) is 6.67. The average Bonchev–Trinajstić information content (AvgIpc) is 2.54. The molecule has 0 fully saturated rings. The van der Waals surface area contributed by atoms with Crippen molar-refractivity contribution in [2.45, 2.75) is 18.2 Å². The third kappa shape index (κ3) is 3.26. The van der Waals surface area contributed by atoms with Gasteiger partial charge in [0.15, 0.2) is 18.2 Å². The maximum atomic E-state index is 12.4. The zero-order valence-corrected chi connectivity index (χ0v) is 13.2. The Hall–Kier alpha value is -2.61. The van der Waals surface area contributed by atoms with Gasteiger partial charge in [0.2, 0.25) is 0 Å².